The third kappa shape index (κ3) is 3.67. The number of hydrogen-bond acceptors (Lipinski definition) is 5. The van der Waals surface area contributed by atoms with Gasteiger partial charge in [0.2, 0.25) is 0 Å². The molecule has 5 nitrogen and oxygen atoms in total. The first kappa shape index (κ1) is 19.0. The number of amides is 2. The van der Waals surface area contributed by atoms with Crippen LogP contribution in [0.4, 0.5) is 11.4 Å². The molecule has 0 saturated carbocycles. The number of rotatable bonds is 6. The van der Waals surface area contributed by atoms with E-state index in [1.807, 2.05) is 73.8 Å². The van der Waals surface area contributed by atoms with Crippen LogP contribution >= 0.6 is 11.3 Å². The van der Waals surface area contributed by atoms with Crippen molar-refractivity contribution in [3.05, 3.63) is 82.2 Å². The van der Waals surface area contributed by atoms with Gasteiger partial charge in [-0.1, -0.05) is 24.3 Å². The van der Waals surface area contributed by atoms with Crippen LogP contribution in [-0.2, 0) is 9.59 Å². The minimum Gasteiger partial charge on any atom is -0.494 e. The minimum absolute atomic E-state index is 0.271. The zero-order chi connectivity index (χ0) is 20.4. The molecule has 29 heavy (non-hydrogen) atoms. The fourth-order valence-electron chi connectivity index (χ4n) is 3.27. The molecule has 146 valence electrons. The van der Waals surface area contributed by atoms with Crippen LogP contribution in [0.5, 0.6) is 5.75 Å². The molecular weight excluding hydrogens is 384 g/mol. The fraction of sp³-hybridized carbons (Fsp3) is 0.130. The molecule has 3 aromatic rings. The summed E-state index contributed by atoms with van der Waals surface area (Å²) in [5, 5.41) is 5.06. The monoisotopic (exact) mass is 404 g/mol. The van der Waals surface area contributed by atoms with Gasteiger partial charge in [0, 0.05) is 16.6 Å². The van der Waals surface area contributed by atoms with Crippen molar-refractivity contribution < 1.29 is 14.3 Å². The lowest BCUT2D eigenvalue weighted by Gasteiger charge is -2.16. The van der Waals surface area contributed by atoms with Crippen LogP contribution in [0.2, 0.25) is 0 Å². The molecule has 0 fully saturated rings. The maximum Gasteiger partial charge on any atom is 0.282 e. The predicted octanol–water partition coefficient (Wildman–Crippen LogP) is 4.85. The number of thiophene rings is 1. The van der Waals surface area contributed by atoms with Gasteiger partial charge in [0.1, 0.15) is 11.4 Å². The summed E-state index contributed by atoms with van der Waals surface area (Å²) in [5.41, 5.74) is 2.88. The third-order valence-electron chi connectivity index (χ3n) is 4.53. The van der Waals surface area contributed by atoms with Crippen molar-refractivity contribution in [3.63, 3.8) is 0 Å². The number of carbonyl (C=O) groups excluding carboxylic acids is 2. The molecule has 1 aromatic heterocycles. The van der Waals surface area contributed by atoms with Crippen molar-refractivity contribution >= 4 is 40.1 Å². The molecule has 0 unspecified atom stereocenters. The zero-order valence-electron chi connectivity index (χ0n) is 16.1. The lowest BCUT2D eigenvalue weighted by atomic mass is 10.1. The van der Waals surface area contributed by atoms with Crippen molar-refractivity contribution in [2.75, 3.05) is 16.8 Å². The summed E-state index contributed by atoms with van der Waals surface area (Å²) in [6, 6.07) is 18.4. The number of aryl methyl sites for hydroxylation is 1. The standard InChI is InChI=1S/C23H20N2O3S/c1-3-28-18-10-5-8-16(14-18)24-21-20(19-11-6-12-29-19)22(26)25(23(21)27)17-9-4-7-15(2)13-17/h4-14,24H,3H2,1-2H3. The van der Waals surface area contributed by atoms with Crippen molar-refractivity contribution in [2.45, 2.75) is 13.8 Å². The quantitative estimate of drug-likeness (QED) is 0.597. The Morgan fingerprint density at radius 2 is 1.83 bits per heavy atom. The van der Waals surface area contributed by atoms with Crippen LogP contribution < -0.4 is 15.0 Å². The van der Waals surface area contributed by atoms with E-state index in [1.54, 1.807) is 6.07 Å². The van der Waals surface area contributed by atoms with Crippen LogP contribution in [0.15, 0.2) is 71.7 Å². The van der Waals surface area contributed by atoms with Crippen molar-refractivity contribution in [3.8, 4) is 5.75 Å². The molecule has 4 rings (SSSR count). The molecule has 0 bridgehead atoms. The van der Waals surface area contributed by atoms with Crippen LogP contribution in [-0.4, -0.2) is 18.4 Å². The Bertz CT molecular complexity index is 1100. The second-order valence-corrected chi connectivity index (χ2v) is 7.55. The maximum atomic E-state index is 13.3. The summed E-state index contributed by atoms with van der Waals surface area (Å²) in [6.45, 7) is 4.39. The van der Waals surface area contributed by atoms with E-state index in [4.69, 9.17) is 4.74 Å². The van der Waals surface area contributed by atoms with Gasteiger partial charge < -0.3 is 10.1 Å². The van der Waals surface area contributed by atoms with Crippen LogP contribution in [0.1, 0.15) is 17.4 Å². The summed E-state index contributed by atoms with van der Waals surface area (Å²) < 4.78 is 5.55. The molecule has 2 heterocycles. The smallest absolute Gasteiger partial charge is 0.282 e. The molecular formula is C23H20N2O3S. The number of imide groups is 1. The van der Waals surface area contributed by atoms with Crippen molar-refractivity contribution in [1.82, 2.24) is 0 Å². The van der Waals surface area contributed by atoms with E-state index < -0.39 is 0 Å². The fourth-order valence-corrected chi connectivity index (χ4v) is 4.04. The highest BCUT2D eigenvalue weighted by Crippen LogP contribution is 2.36. The van der Waals surface area contributed by atoms with Crippen LogP contribution in [0.3, 0.4) is 0 Å². The molecule has 0 saturated heterocycles. The average molecular weight is 404 g/mol. The molecule has 1 aliphatic heterocycles. The van der Waals surface area contributed by atoms with Gasteiger partial charge in [-0.15, -0.1) is 11.3 Å². The van der Waals surface area contributed by atoms with E-state index in [9.17, 15) is 9.59 Å². The zero-order valence-corrected chi connectivity index (χ0v) is 17.0. The highest BCUT2D eigenvalue weighted by Gasteiger charge is 2.40. The Balaban J connectivity index is 1.76. The van der Waals surface area contributed by atoms with Gasteiger partial charge in [0.25, 0.3) is 11.8 Å². The Morgan fingerprint density at radius 3 is 2.55 bits per heavy atom. The second kappa shape index (κ2) is 7.93. The Kier molecular flexibility index (Phi) is 5.18. The number of ether oxygens (including phenoxy) is 1. The summed E-state index contributed by atoms with van der Waals surface area (Å²) in [6.07, 6.45) is 0. The van der Waals surface area contributed by atoms with E-state index in [0.717, 1.165) is 10.4 Å². The first-order valence-corrected chi connectivity index (χ1v) is 10.2. The lowest BCUT2D eigenvalue weighted by Crippen LogP contribution is -2.32. The molecule has 0 atom stereocenters. The van der Waals surface area contributed by atoms with E-state index in [-0.39, 0.29) is 17.5 Å². The highest BCUT2D eigenvalue weighted by molar-refractivity contribution is 7.11. The van der Waals surface area contributed by atoms with Gasteiger partial charge in [-0.2, -0.15) is 0 Å². The summed E-state index contributed by atoms with van der Waals surface area (Å²) >= 11 is 1.43. The molecule has 0 radical (unpaired) electrons. The Hall–Kier alpha value is -3.38. The van der Waals surface area contributed by atoms with Gasteiger partial charge in [-0.3, -0.25) is 9.59 Å². The van der Waals surface area contributed by atoms with Gasteiger partial charge >= 0.3 is 0 Å². The number of carbonyl (C=O) groups is 2. The topological polar surface area (TPSA) is 58.6 Å². The number of anilines is 2. The average Bonchev–Trinajstić information content (AvgIpc) is 3.30. The Labute approximate surface area is 173 Å². The van der Waals surface area contributed by atoms with E-state index in [2.05, 4.69) is 5.32 Å². The number of benzene rings is 2. The lowest BCUT2D eigenvalue weighted by molar-refractivity contribution is -0.120. The molecule has 2 aromatic carbocycles. The third-order valence-corrected chi connectivity index (χ3v) is 5.41. The number of hydrogen-bond donors (Lipinski definition) is 1. The largest absolute Gasteiger partial charge is 0.494 e. The van der Waals surface area contributed by atoms with Gasteiger partial charge in [-0.05, 0) is 55.1 Å². The molecule has 6 heteroatoms. The molecule has 0 aliphatic carbocycles. The van der Waals surface area contributed by atoms with E-state index in [0.29, 0.717) is 29.3 Å². The van der Waals surface area contributed by atoms with E-state index >= 15 is 0 Å². The molecule has 0 spiro atoms. The minimum atomic E-state index is -0.370. The molecule has 1 aliphatic rings. The highest BCUT2D eigenvalue weighted by atomic mass is 32.1. The SMILES string of the molecule is CCOc1cccc(NC2=C(c3cccs3)C(=O)N(c3cccc(C)c3)C2=O)c1. The first-order valence-electron chi connectivity index (χ1n) is 9.32. The first-order chi connectivity index (χ1) is 14.1. The van der Waals surface area contributed by atoms with E-state index in [1.165, 1.54) is 16.2 Å². The number of nitrogens with zero attached hydrogens (tertiary/aromatic N) is 1. The van der Waals surface area contributed by atoms with Gasteiger partial charge in [0.15, 0.2) is 0 Å². The predicted molar refractivity (Wildman–Crippen MR) is 116 cm³/mol. The van der Waals surface area contributed by atoms with Crippen LogP contribution in [0.25, 0.3) is 5.57 Å². The summed E-state index contributed by atoms with van der Waals surface area (Å²) in [5.74, 6) is 0.000382. The van der Waals surface area contributed by atoms with Crippen molar-refractivity contribution in [2.24, 2.45) is 0 Å². The number of nitrogens with one attached hydrogen (secondary N) is 1. The van der Waals surface area contributed by atoms with Crippen molar-refractivity contribution in [1.29, 1.82) is 0 Å². The molecule has 1 N–H and O–H groups in total. The summed E-state index contributed by atoms with van der Waals surface area (Å²) in [7, 11) is 0. The second-order valence-electron chi connectivity index (χ2n) is 6.60. The maximum absolute atomic E-state index is 13.3. The molecule has 2 amide bonds. The van der Waals surface area contributed by atoms with Gasteiger partial charge in [-0.25, -0.2) is 4.90 Å². The van der Waals surface area contributed by atoms with Gasteiger partial charge in [0.05, 0.1) is 17.9 Å². The van der Waals surface area contributed by atoms with Crippen LogP contribution in [0, 0.1) is 6.92 Å². The summed E-state index contributed by atoms with van der Waals surface area (Å²) in [4.78, 5) is 28.6. The Morgan fingerprint density at radius 1 is 1.00 bits per heavy atom. The normalized spacial score (nSPS) is 13.9.